The molecule has 0 aliphatic rings. The first kappa shape index (κ1) is 7.37. The van der Waals surface area contributed by atoms with Crippen LogP contribution in [0.5, 0.6) is 0 Å². The van der Waals surface area contributed by atoms with Gasteiger partial charge in [0.2, 0.25) is 5.56 Å². The topological polar surface area (TPSA) is 32.9 Å². The molecule has 0 aliphatic heterocycles. The van der Waals surface area contributed by atoms with E-state index in [2.05, 4.69) is 4.98 Å². The van der Waals surface area contributed by atoms with Crippen LogP contribution in [0.1, 0.15) is 0 Å². The average molecular weight is 180 g/mol. The smallest absolute Gasteiger partial charge is 0.248 e. The van der Waals surface area contributed by atoms with Crippen molar-refractivity contribution in [2.75, 3.05) is 0 Å². The summed E-state index contributed by atoms with van der Waals surface area (Å²) in [6.07, 6.45) is 0. The summed E-state index contributed by atoms with van der Waals surface area (Å²) in [5.41, 5.74) is 0.666. The van der Waals surface area contributed by atoms with E-state index >= 15 is 0 Å². The number of fused-ring (bicyclic) bond motifs is 1. The Bertz CT molecular complexity index is 475. The van der Waals surface area contributed by atoms with E-state index in [1.54, 1.807) is 18.2 Å². The van der Waals surface area contributed by atoms with Gasteiger partial charge in [0, 0.05) is 22.0 Å². The third-order valence-corrected chi connectivity index (χ3v) is 2.04. The van der Waals surface area contributed by atoms with Gasteiger partial charge in [0.15, 0.2) is 0 Å². The molecule has 0 unspecified atom stereocenters. The minimum absolute atomic E-state index is 0.107. The standard InChI is InChI=1S/C9H6ClNO/c10-7-2-1-3-8-6(7)4-5-9(12)11-8/h1-5H,(H,11,12). The normalized spacial score (nSPS) is 10.4. The molecule has 2 aromatic rings. The molecule has 0 atom stereocenters. The molecule has 2 nitrogen and oxygen atoms in total. The van der Waals surface area contributed by atoms with E-state index in [1.807, 2.05) is 6.07 Å². The van der Waals surface area contributed by atoms with E-state index in [9.17, 15) is 4.79 Å². The summed E-state index contributed by atoms with van der Waals surface area (Å²) in [5, 5.41) is 1.53. The van der Waals surface area contributed by atoms with Crippen LogP contribution in [0.15, 0.2) is 35.1 Å². The van der Waals surface area contributed by atoms with E-state index in [0.29, 0.717) is 5.02 Å². The Morgan fingerprint density at radius 3 is 2.83 bits per heavy atom. The van der Waals surface area contributed by atoms with Crippen molar-refractivity contribution in [3.8, 4) is 0 Å². The molecule has 0 saturated carbocycles. The van der Waals surface area contributed by atoms with Gasteiger partial charge in [0.05, 0.1) is 0 Å². The molecule has 2 rings (SSSR count). The number of hydrogen-bond donors (Lipinski definition) is 1. The van der Waals surface area contributed by atoms with Crippen LogP contribution in [0.4, 0.5) is 0 Å². The van der Waals surface area contributed by atoms with Crippen LogP contribution in [0.3, 0.4) is 0 Å². The van der Waals surface area contributed by atoms with Crippen molar-refractivity contribution >= 4 is 22.5 Å². The fourth-order valence-corrected chi connectivity index (χ4v) is 1.39. The second kappa shape index (κ2) is 2.64. The zero-order chi connectivity index (χ0) is 8.55. The largest absolute Gasteiger partial charge is 0.322 e. The Balaban J connectivity index is 2.96. The zero-order valence-electron chi connectivity index (χ0n) is 6.17. The molecule has 1 heterocycles. The van der Waals surface area contributed by atoms with Gasteiger partial charge in [0.25, 0.3) is 0 Å². The summed E-state index contributed by atoms with van der Waals surface area (Å²) < 4.78 is 0. The number of H-pyrrole nitrogens is 1. The molecule has 1 N–H and O–H groups in total. The lowest BCUT2D eigenvalue weighted by Crippen LogP contribution is -2.01. The average Bonchev–Trinajstić information content (AvgIpc) is 2.04. The van der Waals surface area contributed by atoms with Crippen molar-refractivity contribution < 1.29 is 0 Å². The summed E-state index contributed by atoms with van der Waals surface area (Å²) >= 11 is 5.89. The summed E-state index contributed by atoms with van der Waals surface area (Å²) in [6, 6.07) is 8.61. The molecule has 0 bridgehead atoms. The minimum atomic E-state index is -0.107. The highest BCUT2D eigenvalue weighted by molar-refractivity contribution is 6.35. The van der Waals surface area contributed by atoms with Crippen LogP contribution in [-0.4, -0.2) is 4.98 Å². The Kier molecular flexibility index (Phi) is 1.62. The summed E-state index contributed by atoms with van der Waals surface area (Å²) in [5.74, 6) is 0. The van der Waals surface area contributed by atoms with E-state index in [1.165, 1.54) is 6.07 Å². The van der Waals surface area contributed by atoms with Crippen molar-refractivity contribution in [3.63, 3.8) is 0 Å². The van der Waals surface area contributed by atoms with Crippen LogP contribution in [0.2, 0.25) is 5.02 Å². The monoisotopic (exact) mass is 179 g/mol. The van der Waals surface area contributed by atoms with Gasteiger partial charge in [-0.15, -0.1) is 0 Å². The van der Waals surface area contributed by atoms with E-state index in [0.717, 1.165) is 10.9 Å². The number of hydrogen-bond acceptors (Lipinski definition) is 1. The molecular formula is C9H6ClNO. The van der Waals surface area contributed by atoms with Crippen molar-refractivity contribution in [1.82, 2.24) is 4.98 Å². The first-order valence-corrected chi connectivity index (χ1v) is 3.93. The van der Waals surface area contributed by atoms with Crippen LogP contribution in [0.25, 0.3) is 10.9 Å². The van der Waals surface area contributed by atoms with Gasteiger partial charge in [-0.3, -0.25) is 4.79 Å². The van der Waals surface area contributed by atoms with Gasteiger partial charge in [-0.1, -0.05) is 17.7 Å². The number of rotatable bonds is 0. The molecule has 0 amide bonds. The molecule has 0 spiro atoms. The Labute approximate surface area is 73.8 Å². The van der Waals surface area contributed by atoms with Crippen molar-refractivity contribution in [1.29, 1.82) is 0 Å². The SMILES string of the molecule is O=c1ccc2c(Cl)cccc2[nH]1. The maximum Gasteiger partial charge on any atom is 0.248 e. The lowest BCUT2D eigenvalue weighted by atomic mass is 10.2. The van der Waals surface area contributed by atoms with Crippen LogP contribution < -0.4 is 5.56 Å². The maximum atomic E-state index is 10.9. The summed E-state index contributed by atoms with van der Waals surface area (Å²) in [6.45, 7) is 0. The number of aromatic amines is 1. The maximum absolute atomic E-state index is 10.9. The number of benzene rings is 1. The van der Waals surface area contributed by atoms with E-state index in [4.69, 9.17) is 11.6 Å². The van der Waals surface area contributed by atoms with Crippen molar-refractivity contribution in [3.05, 3.63) is 45.7 Å². The third kappa shape index (κ3) is 1.10. The van der Waals surface area contributed by atoms with Crippen molar-refractivity contribution in [2.24, 2.45) is 0 Å². The summed E-state index contributed by atoms with van der Waals surface area (Å²) in [7, 11) is 0. The van der Waals surface area contributed by atoms with E-state index in [-0.39, 0.29) is 5.56 Å². The first-order valence-electron chi connectivity index (χ1n) is 3.55. The number of aromatic nitrogens is 1. The second-order valence-corrected chi connectivity index (χ2v) is 2.93. The molecule has 60 valence electrons. The predicted octanol–water partition coefficient (Wildman–Crippen LogP) is 2.18. The minimum Gasteiger partial charge on any atom is -0.322 e. The molecule has 0 saturated heterocycles. The second-order valence-electron chi connectivity index (χ2n) is 2.52. The van der Waals surface area contributed by atoms with Crippen LogP contribution in [0, 0.1) is 0 Å². The lowest BCUT2D eigenvalue weighted by molar-refractivity contribution is 1.31. The fraction of sp³-hybridized carbons (Fsp3) is 0. The molecule has 1 aromatic carbocycles. The molecule has 1 aromatic heterocycles. The molecule has 0 aliphatic carbocycles. The number of halogens is 1. The van der Waals surface area contributed by atoms with Gasteiger partial charge in [-0.25, -0.2) is 0 Å². The van der Waals surface area contributed by atoms with Crippen LogP contribution in [-0.2, 0) is 0 Å². The van der Waals surface area contributed by atoms with E-state index < -0.39 is 0 Å². The van der Waals surface area contributed by atoms with Crippen molar-refractivity contribution in [2.45, 2.75) is 0 Å². The molecular weight excluding hydrogens is 174 g/mol. The molecule has 12 heavy (non-hydrogen) atoms. The quantitative estimate of drug-likeness (QED) is 0.661. The zero-order valence-corrected chi connectivity index (χ0v) is 6.93. The number of pyridine rings is 1. The molecule has 0 fully saturated rings. The number of nitrogens with one attached hydrogen (secondary N) is 1. The highest BCUT2D eigenvalue weighted by Crippen LogP contribution is 2.19. The Morgan fingerprint density at radius 1 is 1.17 bits per heavy atom. The lowest BCUT2D eigenvalue weighted by Gasteiger charge is -1.97. The third-order valence-electron chi connectivity index (χ3n) is 1.71. The van der Waals surface area contributed by atoms with Gasteiger partial charge in [-0.2, -0.15) is 0 Å². The van der Waals surface area contributed by atoms with Gasteiger partial charge in [0.1, 0.15) is 0 Å². The molecule has 0 radical (unpaired) electrons. The highest BCUT2D eigenvalue weighted by atomic mass is 35.5. The fourth-order valence-electron chi connectivity index (χ4n) is 1.15. The van der Waals surface area contributed by atoms with Crippen LogP contribution >= 0.6 is 11.6 Å². The Morgan fingerprint density at radius 2 is 2.00 bits per heavy atom. The first-order chi connectivity index (χ1) is 5.77. The van der Waals surface area contributed by atoms with Gasteiger partial charge in [-0.05, 0) is 18.2 Å². The molecule has 3 heteroatoms. The Hall–Kier alpha value is -1.28. The summed E-state index contributed by atoms with van der Waals surface area (Å²) in [4.78, 5) is 13.6. The highest BCUT2D eigenvalue weighted by Gasteiger charge is 1.96. The van der Waals surface area contributed by atoms with Gasteiger partial charge < -0.3 is 4.98 Å². The predicted molar refractivity (Wildman–Crippen MR) is 49.6 cm³/mol. The van der Waals surface area contributed by atoms with Gasteiger partial charge >= 0.3 is 0 Å².